The molecule has 0 saturated heterocycles. The second-order valence-electron chi connectivity index (χ2n) is 19.5. The second kappa shape index (κ2) is 26.4. The van der Waals surface area contributed by atoms with Crippen molar-refractivity contribution < 1.29 is 82.3 Å². The van der Waals surface area contributed by atoms with E-state index in [0.29, 0.717) is 11.4 Å². The molecule has 0 saturated carbocycles. The summed E-state index contributed by atoms with van der Waals surface area (Å²) in [7, 11) is 3.86. The predicted molar refractivity (Wildman–Crippen MR) is 292 cm³/mol. The van der Waals surface area contributed by atoms with Gasteiger partial charge in [0.1, 0.15) is 53.2 Å². The average Bonchev–Trinajstić information content (AvgIpc) is 1.75. The SMILES string of the molecule is C[C@H](NC(=O)CCCNOC(=O)c1ccc(N=Nc2ccc(N(C)C)cc2)cc1)C(=O)N[C@@H](C)C(=O)N[C@@H](C)C(=O)N[C@@H](C)C(=O)N[C@@H](CCC(=O)O)C(=O)OC(=O)c1ccc2c(c1)C1(OC2=O)c2ccc(O)cc2Oc2cc(O)ccc21. The van der Waals surface area contributed by atoms with Gasteiger partial charge >= 0.3 is 29.8 Å². The number of nitrogens with one attached hydrogen (secondary N) is 6. The maximum absolute atomic E-state index is 13.7. The Morgan fingerprint density at radius 2 is 1.11 bits per heavy atom. The maximum atomic E-state index is 13.7. The molecule has 5 aromatic rings. The van der Waals surface area contributed by atoms with Crippen molar-refractivity contribution in [2.75, 3.05) is 25.5 Å². The number of hydrogen-bond acceptors (Lipinski definition) is 20. The van der Waals surface area contributed by atoms with E-state index in [-0.39, 0.29) is 75.8 Å². The molecule has 5 aromatic carbocycles. The number of carbonyl (C=O) groups excluding carboxylic acids is 9. The van der Waals surface area contributed by atoms with Gasteiger partial charge in [0.05, 0.1) is 28.1 Å². The summed E-state index contributed by atoms with van der Waals surface area (Å²) in [6, 6.07) is 18.7. The molecule has 26 nitrogen and oxygen atoms in total. The van der Waals surface area contributed by atoms with Crippen molar-refractivity contribution in [3.05, 3.63) is 137 Å². The summed E-state index contributed by atoms with van der Waals surface area (Å²) < 4.78 is 17.1. The average molecular weight is 1140 g/mol. The molecule has 0 unspecified atom stereocenters. The Morgan fingerprint density at radius 1 is 0.602 bits per heavy atom. The molecule has 2 aliphatic heterocycles. The minimum absolute atomic E-state index is 0.0174. The van der Waals surface area contributed by atoms with Crippen LogP contribution in [0.15, 0.2) is 113 Å². The van der Waals surface area contributed by atoms with Crippen LogP contribution in [0.4, 0.5) is 17.1 Å². The molecule has 0 bridgehead atoms. The molecule has 434 valence electrons. The van der Waals surface area contributed by atoms with E-state index < -0.39 is 108 Å². The number of hydrogen-bond donors (Lipinski definition) is 9. The standard InChI is InChI=1S/C57H59N9O17/c1-29(59-47(69)8-7-25-58-83-54(77)33-9-12-35(13-10-33)64-65-36-14-16-37(17-15-36)66(5)6)49(72)60-30(2)50(73)61-31(3)51(74)62-32(4)52(75)63-44(23-24-48(70)71)56(79)81-53(76)34-11-20-40-43(26-34)57(82-55(40)78)41-21-18-38(67)27-45(41)80-46-28-39(68)19-22-42(46)57/h9-22,26-32,44,58,67-68H,7-8,23-25H2,1-6H3,(H,59,69)(H,60,72)(H,61,73)(H,62,74)(H,63,75)(H,70,71)/t29-,30-,31-,32-,44-/m0/s1. The third-order valence-electron chi connectivity index (χ3n) is 13.1. The van der Waals surface area contributed by atoms with Crippen molar-refractivity contribution in [3.8, 4) is 23.0 Å². The van der Waals surface area contributed by atoms with Crippen molar-refractivity contribution in [1.29, 1.82) is 0 Å². The molecule has 7 rings (SSSR count). The van der Waals surface area contributed by atoms with Crippen LogP contribution in [-0.4, -0.2) is 126 Å². The third kappa shape index (κ3) is 14.8. The van der Waals surface area contributed by atoms with Crippen molar-refractivity contribution in [1.82, 2.24) is 32.1 Å². The lowest BCUT2D eigenvalue weighted by Gasteiger charge is -2.36. The predicted octanol–water partition coefficient (Wildman–Crippen LogP) is 4.34. The second-order valence-corrected chi connectivity index (χ2v) is 19.5. The molecule has 0 aliphatic carbocycles. The van der Waals surface area contributed by atoms with Crippen LogP contribution in [0.5, 0.6) is 23.0 Å². The number of ether oxygens (including phenoxy) is 3. The Bertz CT molecular complexity index is 3330. The lowest BCUT2D eigenvalue weighted by atomic mass is 9.77. The molecular formula is C57H59N9O17. The smallest absolute Gasteiger partial charge is 0.356 e. The van der Waals surface area contributed by atoms with Gasteiger partial charge in [0, 0.05) is 68.0 Å². The van der Waals surface area contributed by atoms with Crippen LogP contribution >= 0.6 is 0 Å². The normalized spacial score (nSPS) is 14.3. The van der Waals surface area contributed by atoms with Crippen LogP contribution in [0.25, 0.3) is 0 Å². The summed E-state index contributed by atoms with van der Waals surface area (Å²) in [5.74, 6) is -9.71. The third-order valence-corrected chi connectivity index (χ3v) is 13.1. The number of carboxylic acid groups (broad SMARTS) is 1. The fourth-order valence-corrected chi connectivity index (χ4v) is 8.55. The monoisotopic (exact) mass is 1140 g/mol. The van der Waals surface area contributed by atoms with Crippen LogP contribution in [0.3, 0.4) is 0 Å². The lowest BCUT2D eigenvalue weighted by Crippen LogP contribution is -2.57. The first-order chi connectivity index (χ1) is 39.4. The van der Waals surface area contributed by atoms with Crippen molar-refractivity contribution >= 4 is 76.4 Å². The summed E-state index contributed by atoms with van der Waals surface area (Å²) in [5, 5.41) is 50.3. The first-order valence-electron chi connectivity index (χ1n) is 25.9. The number of benzene rings is 5. The van der Waals surface area contributed by atoms with Gasteiger partial charge in [-0.15, -0.1) is 0 Å². The largest absolute Gasteiger partial charge is 0.508 e. The van der Waals surface area contributed by atoms with Gasteiger partial charge in [0.15, 0.2) is 5.60 Å². The Morgan fingerprint density at radius 3 is 1.64 bits per heavy atom. The number of aromatic hydroxyl groups is 2. The van der Waals surface area contributed by atoms with Crippen LogP contribution in [-0.2, 0) is 53.5 Å². The summed E-state index contributed by atoms with van der Waals surface area (Å²) >= 11 is 0. The minimum atomic E-state index is -1.78. The Labute approximate surface area is 473 Å². The molecule has 26 heteroatoms. The van der Waals surface area contributed by atoms with Gasteiger partial charge in [-0.1, -0.05) is 0 Å². The van der Waals surface area contributed by atoms with Crippen LogP contribution in [0, 0.1) is 0 Å². The highest BCUT2D eigenvalue weighted by Crippen LogP contribution is 2.57. The number of carboxylic acids is 1. The minimum Gasteiger partial charge on any atom is -0.508 e. The van der Waals surface area contributed by atoms with E-state index in [4.69, 9.17) is 19.0 Å². The zero-order valence-electron chi connectivity index (χ0n) is 45.6. The molecule has 2 aliphatic rings. The van der Waals surface area contributed by atoms with Gasteiger partial charge in [-0.3, -0.25) is 28.8 Å². The number of rotatable bonds is 23. The van der Waals surface area contributed by atoms with Crippen LogP contribution in [0.2, 0.25) is 0 Å². The van der Waals surface area contributed by atoms with E-state index in [1.165, 1.54) is 94.4 Å². The number of esters is 3. The molecule has 83 heavy (non-hydrogen) atoms. The molecule has 9 N–H and O–H groups in total. The molecule has 2 heterocycles. The molecule has 0 fully saturated rings. The van der Waals surface area contributed by atoms with E-state index in [1.54, 1.807) is 12.1 Å². The fourth-order valence-electron chi connectivity index (χ4n) is 8.55. The van der Waals surface area contributed by atoms with Crippen LogP contribution < -0.4 is 41.7 Å². The molecule has 1 spiro atoms. The van der Waals surface area contributed by atoms with Gasteiger partial charge in [0.2, 0.25) is 29.5 Å². The first kappa shape index (κ1) is 60.4. The fraction of sp³-hybridized carbons (Fsp3) is 0.298. The topological polar surface area (TPSA) is 368 Å². The van der Waals surface area contributed by atoms with Gasteiger partial charge in [0.25, 0.3) is 0 Å². The number of aliphatic carboxylic acids is 1. The van der Waals surface area contributed by atoms with Crippen molar-refractivity contribution in [3.63, 3.8) is 0 Å². The molecular weight excluding hydrogens is 1080 g/mol. The summed E-state index contributed by atoms with van der Waals surface area (Å²) in [6.07, 6.45) is -1.08. The summed E-state index contributed by atoms with van der Waals surface area (Å²) in [5.41, 5.74) is 3.51. The quantitative estimate of drug-likeness (QED) is 0.0110. The number of nitrogens with zero attached hydrogens (tertiary/aromatic N) is 3. The molecule has 5 amide bonds. The zero-order valence-corrected chi connectivity index (χ0v) is 45.6. The number of carbonyl (C=O) groups is 10. The van der Waals surface area contributed by atoms with Gasteiger partial charge in [-0.05, 0) is 132 Å². The number of anilines is 1. The highest BCUT2D eigenvalue weighted by atomic mass is 16.7. The summed E-state index contributed by atoms with van der Waals surface area (Å²) in [6.45, 7) is 5.31. The first-order valence-corrected chi connectivity index (χ1v) is 25.9. The lowest BCUT2D eigenvalue weighted by molar-refractivity contribution is -0.144. The zero-order chi connectivity index (χ0) is 60.3. The van der Waals surface area contributed by atoms with Crippen molar-refractivity contribution in [2.45, 2.75) is 89.2 Å². The van der Waals surface area contributed by atoms with Gasteiger partial charge in [-0.25, -0.2) is 19.2 Å². The highest BCUT2D eigenvalue weighted by Gasteiger charge is 2.54. The Balaban J connectivity index is 0.838. The van der Waals surface area contributed by atoms with Crippen molar-refractivity contribution in [2.24, 2.45) is 10.2 Å². The van der Waals surface area contributed by atoms with Gasteiger partial charge in [-0.2, -0.15) is 15.7 Å². The van der Waals surface area contributed by atoms with E-state index in [0.717, 1.165) is 5.69 Å². The molecule has 5 atom stereocenters. The number of hydroxylamine groups is 1. The number of phenols is 2. The number of azo groups is 1. The Kier molecular flexibility index (Phi) is 19.2. The molecule has 0 aromatic heterocycles. The van der Waals surface area contributed by atoms with E-state index in [2.05, 4.69) is 42.3 Å². The summed E-state index contributed by atoms with van der Waals surface area (Å²) in [4.78, 5) is 137. The molecule has 0 radical (unpaired) electrons. The highest BCUT2D eigenvalue weighted by molar-refractivity contribution is 6.03. The van der Waals surface area contributed by atoms with Crippen LogP contribution in [0.1, 0.15) is 101 Å². The van der Waals surface area contributed by atoms with Gasteiger partial charge < -0.3 is 65.9 Å². The maximum Gasteiger partial charge on any atom is 0.356 e. The number of phenolic OH excluding ortho intramolecular Hbond substituents is 2. The van der Waals surface area contributed by atoms with E-state index in [9.17, 15) is 63.3 Å². The van der Waals surface area contributed by atoms with E-state index >= 15 is 0 Å². The Hall–Kier alpha value is -10.2. The van der Waals surface area contributed by atoms with E-state index in [1.807, 2.05) is 43.3 Å². The number of fused-ring (bicyclic) bond motifs is 6. The number of amides is 5.